The summed E-state index contributed by atoms with van der Waals surface area (Å²) in [6.07, 6.45) is -1.42. The van der Waals surface area contributed by atoms with E-state index in [1.807, 2.05) is 0 Å². The van der Waals surface area contributed by atoms with Gasteiger partial charge in [0, 0.05) is 6.61 Å². The van der Waals surface area contributed by atoms with Gasteiger partial charge in [-0.2, -0.15) is 0 Å². The summed E-state index contributed by atoms with van der Waals surface area (Å²) in [6.45, 7) is 1.93. The van der Waals surface area contributed by atoms with Crippen LogP contribution < -0.4 is 0 Å². The fourth-order valence-electron chi connectivity index (χ4n) is 0.463. The van der Waals surface area contributed by atoms with Crippen LogP contribution in [-0.4, -0.2) is 34.9 Å². The Balaban J connectivity index is 0.000000292. The maximum atomic E-state index is 10.1. The van der Waals surface area contributed by atoms with Crippen molar-refractivity contribution in [2.75, 3.05) is 6.61 Å². The molecule has 0 amide bonds. The first kappa shape index (κ1) is 10.1. The summed E-state index contributed by atoms with van der Waals surface area (Å²) in [6, 6.07) is 0. The van der Waals surface area contributed by atoms with Crippen molar-refractivity contribution in [2.24, 2.45) is 0 Å². The second kappa shape index (κ2) is 4.81. The van der Waals surface area contributed by atoms with E-state index in [0.29, 0.717) is 0 Å². The SMILES string of the molecule is CCO.O=C1CC(O)C(=O)O1. The summed E-state index contributed by atoms with van der Waals surface area (Å²) in [5.41, 5.74) is 0. The van der Waals surface area contributed by atoms with Gasteiger partial charge < -0.3 is 14.9 Å². The molecule has 1 fully saturated rings. The number of hydrogen-bond donors (Lipinski definition) is 2. The Morgan fingerprint density at radius 3 is 2.18 bits per heavy atom. The van der Waals surface area contributed by atoms with Crippen LogP contribution in [0.5, 0.6) is 0 Å². The molecule has 1 rings (SSSR count). The van der Waals surface area contributed by atoms with Gasteiger partial charge in [0.15, 0.2) is 6.10 Å². The van der Waals surface area contributed by atoms with Gasteiger partial charge in [0.1, 0.15) is 0 Å². The molecule has 11 heavy (non-hydrogen) atoms. The lowest BCUT2D eigenvalue weighted by Gasteiger charge is -1.86. The molecular formula is C6H10O5. The number of carbonyl (C=O) groups is 2. The molecule has 1 aliphatic rings. The smallest absolute Gasteiger partial charge is 0.343 e. The predicted molar refractivity (Wildman–Crippen MR) is 34.5 cm³/mol. The molecule has 0 aliphatic carbocycles. The molecule has 0 aromatic heterocycles. The number of aliphatic hydroxyl groups excluding tert-OH is 2. The highest BCUT2D eigenvalue weighted by Crippen LogP contribution is 2.05. The Labute approximate surface area is 63.6 Å². The zero-order valence-corrected chi connectivity index (χ0v) is 6.11. The average molecular weight is 162 g/mol. The number of aliphatic hydroxyl groups is 2. The Morgan fingerprint density at radius 1 is 1.64 bits per heavy atom. The van der Waals surface area contributed by atoms with E-state index >= 15 is 0 Å². The molecule has 0 aromatic rings. The maximum Gasteiger partial charge on any atom is 0.343 e. The van der Waals surface area contributed by atoms with Crippen molar-refractivity contribution < 1.29 is 24.5 Å². The Hall–Kier alpha value is -0.940. The minimum absolute atomic E-state index is 0.196. The molecule has 5 nitrogen and oxygen atoms in total. The first-order chi connectivity index (χ1) is 5.11. The summed E-state index contributed by atoms with van der Waals surface area (Å²) in [4.78, 5) is 20.2. The molecule has 2 N–H and O–H groups in total. The average Bonchev–Trinajstić information content (AvgIpc) is 2.12. The highest BCUT2D eigenvalue weighted by Gasteiger charge is 2.30. The van der Waals surface area contributed by atoms with E-state index in [4.69, 9.17) is 10.2 Å². The monoisotopic (exact) mass is 162 g/mol. The molecular weight excluding hydrogens is 152 g/mol. The van der Waals surface area contributed by atoms with Crippen molar-refractivity contribution >= 4 is 11.9 Å². The Kier molecular flexibility index (Phi) is 4.40. The zero-order chi connectivity index (χ0) is 8.85. The fourth-order valence-corrected chi connectivity index (χ4v) is 0.463. The van der Waals surface area contributed by atoms with Crippen molar-refractivity contribution in [1.29, 1.82) is 0 Å². The van der Waals surface area contributed by atoms with E-state index in [0.717, 1.165) is 0 Å². The van der Waals surface area contributed by atoms with Crippen LogP contribution in [0.3, 0.4) is 0 Å². The quantitative estimate of drug-likeness (QED) is 0.346. The molecule has 0 aromatic carbocycles. The van der Waals surface area contributed by atoms with Crippen molar-refractivity contribution in [3.05, 3.63) is 0 Å². The second-order valence-electron chi connectivity index (χ2n) is 1.83. The number of ether oxygens (including phenoxy) is 1. The molecule has 1 atom stereocenters. The third-order valence-electron chi connectivity index (χ3n) is 0.847. The molecule has 1 saturated heterocycles. The van der Waals surface area contributed by atoms with Gasteiger partial charge in [-0.3, -0.25) is 4.79 Å². The summed E-state index contributed by atoms with van der Waals surface area (Å²) in [5, 5.41) is 16.0. The maximum absolute atomic E-state index is 10.1. The van der Waals surface area contributed by atoms with Crippen LogP contribution in [0.15, 0.2) is 0 Å². The summed E-state index contributed by atoms with van der Waals surface area (Å²) >= 11 is 0. The zero-order valence-electron chi connectivity index (χ0n) is 6.11. The number of cyclic esters (lactones) is 2. The molecule has 5 heteroatoms. The lowest BCUT2D eigenvalue weighted by Crippen LogP contribution is -2.11. The summed E-state index contributed by atoms with van der Waals surface area (Å²) < 4.78 is 3.95. The van der Waals surface area contributed by atoms with Crippen molar-refractivity contribution in [2.45, 2.75) is 19.4 Å². The Morgan fingerprint density at radius 2 is 2.09 bits per heavy atom. The van der Waals surface area contributed by atoms with Gasteiger partial charge in [-0.1, -0.05) is 0 Å². The van der Waals surface area contributed by atoms with Crippen molar-refractivity contribution in [1.82, 2.24) is 0 Å². The third-order valence-corrected chi connectivity index (χ3v) is 0.847. The van der Waals surface area contributed by atoms with E-state index in [1.165, 1.54) is 0 Å². The van der Waals surface area contributed by atoms with Gasteiger partial charge in [0.25, 0.3) is 0 Å². The molecule has 1 aliphatic heterocycles. The molecule has 0 radical (unpaired) electrons. The van der Waals surface area contributed by atoms with E-state index in [-0.39, 0.29) is 13.0 Å². The molecule has 0 spiro atoms. The van der Waals surface area contributed by atoms with Gasteiger partial charge in [0.05, 0.1) is 6.42 Å². The second-order valence-corrected chi connectivity index (χ2v) is 1.83. The number of rotatable bonds is 0. The standard InChI is InChI=1S/C4H4O4.C2H6O/c5-2-1-3(6)8-4(2)7;1-2-3/h2,5H,1H2;3H,2H2,1H3. The van der Waals surface area contributed by atoms with Crippen molar-refractivity contribution in [3.63, 3.8) is 0 Å². The summed E-state index contributed by atoms with van der Waals surface area (Å²) in [5.74, 6) is -1.49. The van der Waals surface area contributed by atoms with E-state index in [2.05, 4.69) is 4.74 Å². The van der Waals surface area contributed by atoms with Gasteiger partial charge in [-0.05, 0) is 6.92 Å². The molecule has 0 saturated carbocycles. The first-order valence-electron chi connectivity index (χ1n) is 3.15. The highest BCUT2D eigenvalue weighted by molar-refractivity contribution is 5.95. The van der Waals surface area contributed by atoms with Crippen LogP contribution in [0.4, 0.5) is 0 Å². The number of esters is 2. The van der Waals surface area contributed by atoms with Crippen LogP contribution in [-0.2, 0) is 14.3 Å². The van der Waals surface area contributed by atoms with E-state index in [9.17, 15) is 9.59 Å². The Bertz CT molecular complexity index is 153. The van der Waals surface area contributed by atoms with Crippen LogP contribution >= 0.6 is 0 Å². The van der Waals surface area contributed by atoms with Crippen LogP contribution in [0.25, 0.3) is 0 Å². The summed E-state index contributed by atoms with van der Waals surface area (Å²) in [7, 11) is 0. The van der Waals surface area contributed by atoms with Crippen LogP contribution in [0.2, 0.25) is 0 Å². The lowest BCUT2D eigenvalue weighted by molar-refractivity contribution is -0.154. The van der Waals surface area contributed by atoms with Crippen LogP contribution in [0, 0.1) is 0 Å². The van der Waals surface area contributed by atoms with Gasteiger partial charge in [-0.25, -0.2) is 4.79 Å². The van der Waals surface area contributed by atoms with E-state index in [1.54, 1.807) is 6.92 Å². The number of carbonyl (C=O) groups excluding carboxylic acids is 2. The van der Waals surface area contributed by atoms with Crippen LogP contribution in [0.1, 0.15) is 13.3 Å². The fraction of sp³-hybridized carbons (Fsp3) is 0.667. The lowest BCUT2D eigenvalue weighted by atomic mass is 10.3. The molecule has 1 heterocycles. The largest absolute Gasteiger partial charge is 0.397 e. The third kappa shape index (κ3) is 3.69. The minimum atomic E-state index is -1.22. The predicted octanol–water partition coefficient (Wildman–Crippen LogP) is -1.18. The topological polar surface area (TPSA) is 83.8 Å². The van der Waals surface area contributed by atoms with Gasteiger partial charge in [0.2, 0.25) is 0 Å². The normalized spacial score (nSPS) is 22.3. The molecule has 64 valence electrons. The first-order valence-corrected chi connectivity index (χ1v) is 3.15. The minimum Gasteiger partial charge on any atom is -0.397 e. The van der Waals surface area contributed by atoms with E-state index < -0.39 is 18.0 Å². The number of hydrogen-bond acceptors (Lipinski definition) is 5. The van der Waals surface area contributed by atoms with Crippen molar-refractivity contribution in [3.8, 4) is 0 Å². The highest BCUT2D eigenvalue weighted by atomic mass is 16.6. The molecule has 1 unspecified atom stereocenters. The van der Waals surface area contributed by atoms with Gasteiger partial charge >= 0.3 is 11.9 Å². The molecule has 0 bridgehead atoms. The van der Waals surface area contributed by atoms with Gasteiger partial charge in [-0.15, -0.1) is 0 Å².